The monoisotopic (exact) mass is 558 g/mol. The summed E-state index contributed by atoms with van der Waals surface area (Å²) in [5.41, 5.74) is 3.74. The Bertz CT molecular complexity index is 995. The molecular weight excluding hydrogens is 523 g/mol. The summed E-state index contributed by atoms with van der Waals surface area (Å²) in [5, 5.41) is 6.84. The van der Waals surface area contributed by atoms with Gasteiger partial charge >= 0.3 is 0 Å². The summed E-state index contributed by atoms with van der Waals surface area (Å²) >= 11 is 0. The molecule has 0 amide bonds. The molecule has 0 aliphatic rings. The molecule has 1 aromatic heterocycles. The van der Waals surface area contributed by atoms with Crippen LogP contribution in [0.1, 0.15) is 42.0 Å². The number of guanidine groups is 1. The van der Waals surface area contributed by atoms with E-state index in [2.05, 4.69) is 76.3 Å². The zero-order valence-corrected chi connectivity index (χ0v) is 21.9. The smallest absolute Gasteiger partial charge is 0.250 e. The number of nitrogens with zero attached hydrogens (tertiary/aromatic N) is 2. The second kappa shape index (κ2) is 14.5. The number of nitrogens with one attached hydrogen (secondary N) is 2. The van der Waals surface area contributed by atoms with Crippen LogP contribution < -0.4 is 16.2 Å². The van der Waals surface area contributed by atoms with Crippen molar-refractivity contribution in [3.63, 3.8) is 0 Å². The van der Waals surface area contributed by atoms with Crippen LogP contribution in [0.5, 0.6) is 0 Å². The highest BCUT2D eigenvalue weighted by Gasteiger charge is 2.13. The first-order valence-electron chi connectivity index (χ1n) is 11.4. The Morgan fingerprint density at radius 3 is 2.03 bits per heavy atom. The number of benzene rings is 2. The topological polar surface area (TPSA) is 58.4 Å². The van der Waals surface area contributed by atoms with E-state index in [0.717, 1.165) is 50.6 Å². The molecule has 6 heteroatoms. The molecule has 3 rings (SSSR count). The van der Waals surface area contributed by atoms with E-state index < -0.39 is 0 Å². The summed E-state index contributed by atoms with van der Waals surface area (Å²) in [7, 11) is 1.80. The van der Waals surface area contributed by atoms with Crippen molar-refractivity contribution in [2.75, 3.05) is 20.1 Å². The molecule has 3 aromatic rings. The molecule has 0 radical (unpaired) electrons. The van der Waals surface area contributed by atoms with Crippen LogP contribution >= 0.6 is 24.0 Å². The van der Waals surface area contributed by atoms with Crippen molar-refractivity contribution in [2.24, 2.45) is 4.99 Å². The molecule has 176 valence electrons. The molecule has 5 nitrogen and oxygen atoms in total. The van der Waals surface area contributed by atoms with Crippen LogP contribution in [0.3, 0.4) is 0 Å². The second-order valence-electron chi connectivity index (χ2n) is 7.95. The van der Waals surface area contributed by atoms with Gasteiger partial charge in [-0.25, -0.2) is 0 Å². The summed E-state index contributed by atoms with van der Waals surface area (Å²) in [6.07, 6.45) is 2.89. The van der Waals surface area contributed by atoms with Crippen molar-refractivity contribution in [1.29, 1.82) is 0 Å². The molecule has 33 heavy (non-hydrogen) atoms. The zero-order chi connectivity index (χ0) is 22.6. The average molecular weight is 559 g/mol. The quantitative estimate of drug-likeness (QED) is 0.160. The fraction of sp³-hybridized carbons (Fsp3) is 0.333. The summed E-state index contributed by atoms with van der Waals surface area (Å²) < 4.78 is 1.83. The van der Waals surface area contributed by atoms with Crippen molar-refractivity contribution in [3.05, 3.63) is 106 Å². The van der Waals surface area contributed by atoms with Crippen molar-refractivity contribution >= 4 is 29.9 Å². The number of aromatic nitrogens is 1. The minimum absolute atomic E-state index is 0. The van der Waals surface area contributed by atoms with Crippen LogP contribution in [-0.2, 0) is 6.54 Å². The molecule has 0 aliphatic carbocycles. The van der Waals surface area contributed by atoms with E-state index in [1.54, 1.807) is 13.1 Å². The van der Waals surface area contributed by atoms with Gasteiger partial charge in [0.15, 0.2) is 5.96 Å². The Balaban J connectivity index is 0.00000385. The highest BCUT2D eigenvalue weighted by atomic mass is 127. The summed E-state index contributed by atoms with van der Waals surface area (Å²) in [6, 6.07) is 26.7. The number of pyridine rings is 1. The van der Waals surface area contributed by atoms with Crippen LogP contribution in [0.25, 0.3) is 0 Å². The standard InChI is InChI=1S/C27H34N4O.HI/c1-22-12-11-17-26(32)31(22)21-10-9-19-29-27(28-2)30-20-18-25(23-13-5-3-6-14-23)24-15-7-4-8-16-24;/h3-8,11-17,25H,9-10,18-21H2,1-2H3,(H2,28,29,30);1H. The molecule has 0 saturated heterocycles. The van der Waals surface area contributed by atoms with E-state index >= 15 is 0 Å². The first kappa shape index (κ1) is 26.6. The van der Waals surface area contributed by atoms with Crippen LogP contribution in [-0.4, -0.2) is 30.7 Å². The number of aryl methyl sites for hydroxylation is 1. The number of hydrogen-bond acceptors (Lipinski definition) is 2. The van der Waals surface area contributed by atoms with E-state index in [9.17, 15) is 4.79 Å². The van der Waals surface area contributed by atoms with Gasteiger partial charge in [0.2, 0.25) is 0 Å². The third kappa shape index (κ3) is 8.35. The van der Waals surface area contributed by atoms with Gasteiger partial charge in [0.1, 0.15) is 0 Å². The molecule has 2 N–H and O–H groups in total. The third-order valence-electron chi connectivity index (χ3n) is 5.72. The molecule has 0 spiro atoms. The van der Waals surface area contributed by atoms with Gasteiger partial charge in [0.05, 0.1) is 0 Å². The molecule has 0 saturated carbocycles. The second-order valence-corrected chi connectivity index (χ2v) is 7.95. The number of rotatable bonds is 10. The van der Waals surface area contributed by atoms with Gasteiger partial charge < -0.3 is 15.2 Å². The first-order valence-corrected chi connectivity index (χ1v) is 11.4. The van der Waals surface area contributed by atoms with Gasteiger partial charge in [-0.15, -0.1) is 24.0 Å². The van der Waals surface area contributed by atoms with Gasteiger partial charge in [-0.05, 0) is 43.4 Å². The third-order valence-corrected chi connectivity index (χ3v) is 5.72. The number of hydrogen-bond donors (Lipinski definition) is 2. The molecule has 0 fully saturated rings. The van der Waals surface area contributed by atoms with Crippen LogP contribution in [0, 0.1) is 6.92 Å². The van der Waals surface area contributed by atoms with E-state index in [1.807, 2.05) is 23.6 Å². The predicted octanol–water partition coefficient (Wildman–Crippen LogP) is 4.94. The zero-order valence-electron chi connectivity index (χ0n) is 19.5. The fourth-order valence-electron chi connectivity index (χ4n) is 3.96. The van der Waals surface area contributed by atoms with Crippen LogP contribution in [0.15, 0.2) is 88.6 Å². The SMILES string of the molecule is CN=C(NCCCCn1c(C)cccc1=O)NCCC(c1ccccc1)c1ccccc1.I. The van der Waals surface area contributed by atoms with Gasteiger partial charge in [-0.3, -0.25) is 9.79 Å². The van der Waals surface area contributed by atoms with E-state index in [0.29, 0.717) is 5.92 Å². The van der Waals surface area contributed by atoms with Crippen molar-refractivity contribution in [1.82, 2.24) is 15.2 Å². The lowest BCUT2D eigenvalue weighted by Gasteiger charge is -2.19. The van der Waals surface area contributed by atoms with Gasteiger partial charge in [0.25, 0.3) is 5.56 Å². The van der Waals surface area contributed by atoms with Crippen LogP contribution in [0.2, 0.25) is 0 Å². The molecule has 1 heterocycles. The van der Waals surface area contributed by atoms with Crippen LogP contribution in [0.4, 0.5) is 0 Å². The number of unbranched alkanes of at least 4 members (excludes halogenated alkanes) is 1. The fourth-order valence-corrected chi connectivity index (χ4v) is 3.96. The predicted molar refractivity (Wildman–Crippen MR) is 149 cm³/mol. The maximum absolute atomic E-state index is 12.0. The lowest BCUT2D eigenvalue weighted by atomic mass is 9.88. The Labute approximate surface area is 214 Å². The largest absolute Gasteiger partial charge is 0.356 e. The number of halogens is 1. The summed E-state index contributed by atoms with van der Waals surface area (Å²) in [5.74, 6) is 1.16. The lowest BCUT2D eigenvalue weighted by Crippen LogP contribution is -2.38. The molecular formula is C27H35IN4O. The normalized spacial score (nSPS) is 11.2. The van der Waals surface area contributed by atoms with Gasteiger partial charge in [-0.1, -0.05) is 66.7 Å². The minimum Gasteiger partial charge on any atom is -0.356 e. The first-order chi connectivity index (χ1) is 15.7. The van der Waals surface area contributed by atoms with Gasteiger partial charge in [-0.2, -0.15) is 0 Å². The van der Waals surface area contributed by atoms with Gasteiger partial charge in [0, 0.05) is 44.4 Å². The molecule has 2 aromatic carbocycles. The molecule has 0 atom stereocenters. The van der Waals surface area contributed by atoms with Crippen molar-refractivity contribution in [3.8, 4) is 0 Å². The van der Waals surface area contributed by atoms with Crippen molar-refractivity contribution in [2.45, 2.75) is 38.6 Å². The number of aliphatic imine (C=N–C) groups is 1. The Hall–Kier alpha value is -2.61. The molecule has 0 aliphatic heterocycles. The Kier molecular flexibility index (Phi) is 11.7. The van der Waals surface area contributed by atoms with E-state index in [1.165, 1.54) is 11.1 Å². The maximum atomic E-state index is 12.0. The van der Waals surface area contributed by atoms with Crippen molar-refractivity contribution < 1.29 is 0 Å². The minimum atomic E-state index is 0. The average Bonchev–Trinajstić information content (AvgIpc) is 2.83. The molecule has 0 unspecified atom stereocenters. The molecule has 0 bridgehead atoms. The maximum Gasteiger partial charge on any atom is 0.250 e. The van der Waals surface area contributed by atoms with E-state index in [4.69, 9.17) is 0 Å². The Morgan fingerprint density at radius 1 is 0.848 bits per heavy atom. The highest BCUT2D eigenvalue weighted by molar-refractivity contribution is 14.0. The summed E-state index contributed by atoms with van der Waals surface area (Å²) in [4.78, 5) is 16.3. The highest BCUT2D eigenvalue weighted by Crippen LogP contribution is 2.27. The van der Waals surface area contributed by atoms with E-state index in [-0.39, 0.29) is 29.5 Å². The Morgan fingerprint density at radius 2 is 1.45 bits per heavy atom. The lowest BCUT2D eigenvalue weighted by molar-refractivity contribution is 0.574. The summed E-state index contributed by atoms with van der Waals surface area (Å²) in [6.45, 7) is 4.37.